The Labute approximate surface area is 157 Å². The van der Waals surface area contributed by atoms with Gasteiger partial charge in [0.2, 0.25) is 0 Å². The minimum Gasteiger partial charge on any atom is -0.493 e. The van der Waals surface area contributed by atoms with Gasteiger partial charge >= 0.3 is 5.97 Å². The van der Waals surface area contributed by atoms with Crippen LogP contribution in [-0.2, 0) is 14.8 Å². The molecule has 0 saturated carbocycles. The van der Waals surface area contributed by atoms with Crippen molar-refractivity contribution < 1.29 is 27.4 Å². The summed E-state index contributed by atoms with van der Waals surface area (Å²) < 4.78 is 41.8. The third-order valence-electron chi connectivity index (χ3n) is 3.72. The molecule has 0 aliphatic carbocycles. The lowest BCUT2D eigenvalue weighted by molar-refractivity contribution is 0.0600. The van der Waals surface area contributed by atoms with Gasteiger partial charge in [-0.25, -0.2) is 13.2 Å². The molecule has 2 aromatic rings. The van der Waals surface area contributed by atoms with E-state index in [0.717, 1.165) is 4.31 Å². The molecule has 0 atom stereocenters. The second kappa shape index (κ2) is 7.84. The van der Waals surface area contributed by atoms with Gasteiger partial charge in [0.1, 0.15) is 0 Å². The number of sulfonamides is 1. The zero-order chi connectivity index (χ0) is 19.5. The summed E-state index contributed by atoms with van der Waals surface area (Å²) in [6, 6.07) is 8.48. The number of carbonyl (C=O) groups excluding carboxylic acids is 1. The zero-order valence-electron chi connectivity index (χ0n) is 14.6. The SMILES string of the molecule is COC(=O)c1ccc(Cl)c(N(C)S(=O)(=O)c2ccc(OC)c(OC)c2)c1. The highest BCUT2D eigenvalue weighted by Gasteiger charge is 2.25. The molecule has 0 saturated heterocycles. The van der Waals surface area contributed by atoms with Crippen LogP contribution in [0.1, 0.15) is 10.4 Å². The first-order chi connectivity index (χ1) is 12.3. The molecule has 0 aliphatic heterocycles. The third-order valence-corrected chi connectivity index (χ3v) is 5.81. The Morgan fingerprint density at radius 3 is 2.23 bits per heavy atom. The third kappa shape index (κ3) is 3.71. The standard InChI is InChI=1S/C17H18ClNO6S/c1-19(14-9-11(17(20)25-4)5-7-13(14)18)26(21,22)12-6-8-15(23-2)16(10-12)24-3/h5-10H,1-4H3. The normalized spacial score (nSPS) is 11.0. The molecular weight excluding hydrogens is 382 g/mol. The smallest absolute Gasteiger partial charge is 0.337 e. The molecule has 0 aliphatic rings. The van der Waals surface area contributed by atoms with Crippen molar-refractivity contribution in [2.75, 3.05) is 32.7 Å². The Morgan fingerprint density at radius 1 is 1.00 bits per heavy atom. The number of esters is 1. The number of methoxy groups -OCH3 is 3. The molecule has 0 amide bonds. The van der Waals surface area contributed by atoms with E-state index < -0.39 is 16.0 Å². The van der Waals surface area contributed by atoms with Gasteiger partial charge in [-0.15, -0.1) is 0 Å². The van der Waals surface area contributed by atoms with Crippen LogP contribution in [0.2, 0.25) is 5.02 Å². The highest BCUT2D eigenvalue weighted by atomic mass is 35.5. The topological polar surface area (TPSA) is 82.1 Å². The maximum Gasteiger partial charge on any atom is 0.337 e. The Bertz CT molecular complexity index is 929. The molecule has 2 rings (SSSR count). The van der Waals surface area contributed by atoms with E-state index in [2.05, 4.69) is 4.74 Å². The molecule has 140 valence electrons. The second-order valence-electron chi connectivity index (χ2n) is 5.15. The number of anilines is 1. The van der Waals surface area contributed by atoms with Crippen molar-refractivity contribution in [1.82, 2.24) is 0 Å². The van der Waals surface area contributed by atoms with Gasteiger partial charge in [-0.2, -0.15) is 0 Å². The monoisotopic (exact) mass is 399 g/mol. The van der Waals surface area contributed by atoms with Gasteiger partial charge in [-0.1, -0.05) is 11.6 Å². The average Bonchev–Trinajstić information content (AvgIpc) is 2.66. The molecule has 0 bridgehead atoms. The zero-order valence-corrected chi connectivity index (χ0v) is 16.2. The molecule has 0 spiro atoms. The predicted octanol–water partition coefficient (Wildman–Crippen LogP) is 2.97. The van der Waals surface area contributed by atoms with E-state index in [-0.39, 0.29) is 26.9 Å². The van der Waals surface area contributed by atoms with Crippen molar-refractivity contribution >= 4 is 33.3 Å². The first-order valence-corrected chi connectivity index (χ1v) is 9.17. The van der Waals surface area contributed by atoms with Gasteiger partial charge < -0.3 is 14.2 Å². The Hall–Kier alpha value is -2.45. The molecule has 0 unspecified atom stereocenters. The predicted molar refractivity (Wildman–Crippen MR) is 97.9 cm³/mol. The highest BCUT2D eigenvalue weighted by Crippen LogP contribution is 2.34. The highest BCUT2D eigenvalue weighted by molar-refractivity contribution is 7.92. The molecule has 0 radical (unpaired) electrons. The van der Waals surface area contributed by atoms with Gasteiger partial charge in [0.05, 0.1) is 42.5 Å². The number of halogens is 1. The van der Waals surface area contributed by atoms with Crippen LogP contribution in [0.25, 0.3) is 0 Å². The fourth-order valence-corrected chi connectivity index (χ4v) is 3.78. The van der Waals surface area contributed by atoms with E-state index in [0.29, 0.717) is 5.75 Å². The number of nitrogens with zero attached hydrogens (tertiary/aromatic N) is 1. The summed E-state index contributed by atoms with van der Waals surface area (Å²) in [5.41, 5.74) is 0.325. The Kier molecular flexibility index (Phi) is 5.99. The van der Waals surface area contributed by atoms with E-state index >= 15 is 0 Å². The molecule has 0 heterocycles. The largest absolute Gasteiger partial charge is 0.493 e. The van der Waals surface area contributed by atoms with E-state index in [1.807, 2.05) is 0 Å². The lowest BCUT2D eigenvalue weighted by atomic mass is 10.2. The molecule has 0 aromatic heterocycles. The second-order valence-corrected chi connectivity index (χ2v) is 7.52. The molecule has 0 fully saturated rings. The molecule has 26 heavy (non-hydrogen) atoms. The number of hydrogen-bond donors (Lipinski definition) is 0. The summed E-state index contributed by atoms with van der Waals surface area (Å²) in [5.74, 6) is 0.0797. The Morgan fingerprint density at radius 2 is 1.65 bits per heavy atom. The van der Waals surface area contributed by atoms with Crippen LogP contribution in [0.4, 0.5) is 5.69 Å². The summed E-state index contributed by atoms with van der Waals surface area (Å²) in [6.07, 6.45) is 0. The van der Waals surface area contributed by atoms with Crippen molar-refractivity contribution in [2.24, 2.45) is 0 Å². The minimum absolute atomic E-state index is 0.0165. The molecular formula is C17H18ClNO6S. The number of carbonyl (C=O) groups is 1. The van der Waals surface area contributed by atoms with Gasteiger partial charge in [0.15, 0.2) is 11.5 Å². The van der Waals surface area contributed by atoms with E-state index in [4.69, 9.17) is 21.1 Å². The maximum absolute atomic E-state index is 13.0. The molecule has 9 heteroatoms. The Balaban J connectivity index is 2.51. The van der Waals surface area contributed by atoms with Crippen molar-refractivity contribution in [1.29, 1.82) is 0 Å². The summed E-state index contributed by atoms with van der Waals surface area (Å²) in [6.45, 7) is 0. The summed E-state index contributed by atoms with van der Waals surface area (Å²) in [7, 11) is 1.48. The number of ether oxygens (including phenoxy) is 3. The van der Waals surface area contributed by atoms with Crippen molar-refractivity contribution in [3.8, 4) is 11.5 Å². The quantitative estimate of drug-likeness (QED) is 0.694. The lowest BCUT2D eigenvalue weighted by Crippen LogP contribution is -2.27. The fraction of sp³-hybridized carbons (Fsp3) is 0.235. The first kappa shape index (κ1) is 19.9. The number of rotatable bonds is 6. The summed E-state index contributed by atoms with van der Waals surface area (Å²) in [4.78, 5) is 11.7. The number of hydrogen-bond acceptors (Lipinski definition) is 6. The van der Waals surface area contributed by atoms with Crippen molar-refractivity contribution in [2.45, 2.75) is 4.90 Å². The van der Waals surface area contributed by atoms with E-state index in [9.17, 15) is 13.2 Å². The minimum atomic E-state index is -3.96. The van der Waals surface area contributed by atoms with Crippen LogP contribution in [0, 0.1) is 0 Å². The summed E-state index contributed by atoms with van der Waals surface area (Å²) in [5, 5.41) is 0.171. The first-order valence-electron chi connectivity index (χ1n) is 7.35. The van der Waals surface area contributed by atoms with Gasteiger partial charge in [-0.3, -0.25) is 4.31 Å². The van der Waals surface area contributed by atoms with E-state index in [1.54, 1.807) is 0 Å². The maximum atomic E-state index is 13.0. The van der Waals surface area contributed by atoms with Gasteiger partial charge in [0.25, 0.3) is 10.0 Å². The van der Waals surface area contributed by atoms with Crippen LogP contribution < -0.4 is 13.8 Å². The van der Waals surface area contributed by atoms with Crippen molar-refractivity contribution in [3.63, 3.8) is 0 Å². The lowest BCUT2D eigenvalue weighted by Gasteiger charge is -2.21. The van der Waals surface area contributed by atoms with Crippen LogP contribution in [0.15, 0.2) is 41.3 Å². The van der Waals surface area contributed by atoms with Crippen molar-refractivity contribution in [3.05, 3.63) is 47.0 Å². The van der Waals surface area contributed by atoms with Crippen LogP contribution in [0.3, 0.4) is 0 Å². The fourth-order valence-electron chi connectivity index (χ4n) is 2.26. The van der Waals surface area contributed by atoms with Crippen LogP contribution in [-0.4, -0.2) is 42.8 Å². The molecule has 7 nitrogen and oxygen atoms in total. The van der Waals surface area contributed by atoms with Gasteiger partial charge in [0, 0.05) is 13.1 Å². The summed E-state index contributed by atoms with van der Waals surface area (Å²) >= 11 is 6.14. The molecule has 0 N–H and O–H groups in total. The van der Waals surface area contributed by atoms with Crippen LogP contribution in [0.5, 0.6) is 11.5 Å². The number of benzene rings is 2. The van der Waals surface area contributed by atoms with Gasteiger partial charge in [-0.05, 0) is 30.3 Å². The van der Waals surface area contributed by atoms with E-state index in [1.165, 1.54) is 64.8 Å². The average molecular weight is 400 g/mol. The van der Waals surface area contributed by atoms with Crippen LogP contribution >= 0.6 is 11.6 Å². The molecule has 2 aromatic carbocycles.